The van der Waals surface area contributed by atoms with Crippen LogP contribution in [0.5, 0.6) is 5.75 Å². The highest BCUT2D eigenvalue weighted by atomic mass is 32.2. The summed E-state index contributed by atoms with van der Waals surface area (Å²) in [6.45, 7) is 13.4. The van der Waals surface area contributed by atoms with Crippen LogP contribution in [0, 0.1) is 17.2 Å². The zero-order valence-corrected chi connectivity index (χ0v) is 23.5. The standard InChI is InChI=1S/C28H33N5O2S2/c1-6-13-33-24(16-35-20-10-8-19(9-11-20)28(3,4)5)31-32-27(33)36-17-25(34)30-26-22(15-29)21-12-7-18(2)14-23(21)37-26/h6,8-11,18H,1,7,12-14,16-17H2,2-5H3,(H,30,34). The van der Waals surface area contributed by atoms with Crippen molar-refractivity contribution < 1.29 is 9.53 Å². The molecule has 1 N–H and O–H groups in total. The summed E-state index contributed by atoms with van der Waals surface area (Å²) in [4.78, 5) is 14.0. The van der Waals surface area contributed by atoms with Crippen LogP contribution in [0.4, 0.5) is 5.00 Å². The number of anilines is 1. The molecule has 1 atom stereocenters. The Morgan fingerprint density at radius 2 is 2.11 bits per heavy atom. The summed E-state index contributed by atoms with van der Waals surface area (Å²) in [5.41, 5.74) is 3.05. The predicted octanol–water partition coefficient (Wildman–Crippen LogP) is 6.13. The third-order valence-corrected chi connectivity index (χ3v) is 8.54. The van der Waals surface area contributed by atoms with Crippen molar-refractivity contribution in [2.45, 2.75) is 70.7 Å². The third-order valence-electron chi connectivity index (χ3n) is 6.40. The summed E-state index contributed by atoms with van der Waals surface area (Å²) in [5, 5.41) is 22.5. The van der Waals surface area contributed by atoms with Gasteiger partial charge >= 0.3 is 0 Å². The van der Waals surface area contributed by atoms with Crippen LogP contribution in [-0.2, 0) is 36.2 Å². The topological polar surface area (TPSA) is 92.8 Å². The van der Waals surface area contributed by atoms with Gasteiger partial charge in [-0.25, -0.2) is 0 Å². The van der Waals surface area contributed by atoms with Gasteiger partial charge in [-0.05, 0) is 53.9 Å². The summed E-state index contributed by atoms with van der Waals surface area (Å²) in [7, 11) is 0. The van der Waals surface area contributed by atoms with E-state index in [0.717, 1.165) is 30.6 Å². The lowest BCUT2D eigenvalue weighted by Crippen LogP contribution is -2.15. The number of nitriles is 1. The fraction of sp³-hybridized carbons (Fsp3) is 0.429. The Hall–Kier alpha value is -3.09. The van der Waals surface area contributed by atoms with Gasteiger partial charge in [0.1, 0.15) is 23.4 Å². The Morgan fingerprint density at radius 1 is 1.35 bits per heavy atom. The van der Waals surface area contributed by atoms with Gasteiger partial charge in [0.15, 0.2) is 11.0 Å². The normalized spacial score (nSPS) is 15.1. The number of hydrogen-bond acceptors (Lipinski definition) is 7. The van der Waals surface area contributed by atoms with Crippen molar-refractivity contribution in [2.24, 2.45) is 5.92 Å². The fourth-order valence-corrected chi connectivity index (χ4v) is 6.44. The average molecular weight is 536 g/mol. The molecule has 0 radical (unpaired) electrons. The van der Waals surface area contributed by atoms with Gasteiger partial charge in [-0.15, -0.1) is 28.1 Å². The van der Waals surface area contributed by atoms with Gasteiger partial charge in [0.25, 0.3) is 0 Å². The van der Waals surface area contributed by atoms with Gasteiger partial charge in [-0.3, -0.25) is 9.36 Å². The summed E-state index contributed by atoms with van der Waals surface area (Å²) in [6.07, 6.45) is 4.71. The van der Waals surface area contributed by atoms with Crippen LogP contribution in [0.15, 0.2) is 42.1 Å². The monoisotopic (exact) mass is 535 g/mol. The van der Waals surface area contributed by atoms with Crippen molar-refractivity contribution in [3.8, 4) is 11.8 Å². The number of allylic oxidation sites excluding steroid dienone is 1. The van der Waals surface area contributed by atoms with E-state index in [1.807, 2.05) is 16.7 Å². The highest BCUT2D eigenvalue weighted by Crippen LogP contribution is 2.39. The van der Waals surface area contributed by atoms with Crippen LogP contribution >= 0.6 is 23.1 Å². The number of fused-ring (bicyclic) bond motifs is 1. The number of hydrogen-bond donors (Lipinski definition) is 1. The van der Waals surface area contributed by atoms with Crippen LogP contribution in [0.25, 0.3) is 0 Å². The maximum atomic E-state index is 12.8. The molecule has 37 heavy (non-hydrogen) atoms. The number of amides is 1. The molecule has 1 aromatic carbocycles. The van der Waals surface area contributed by atoms with E-state index in [-0.39, 0.29) is 23.7 Å². The highest BCUT2D eigenvalue weighted by molar-refractivity contribution is 7.99. The van der Waals surface area contributed by atoms with Crippen LogP contribution in [-0.4, -0.2) is 26.4 Å². The molecule has 2 aromatic heterocycles. The van der Waals surface area contributed by atoms with Gasteiger partial charge in [0.05, 0.1) is 11.3 Å². The predicted molar refractivity (Wildman–Crippen MR) is 149 cm³/mol. The molecular weight excluding hydrogens is 502 g/mol. The maximum absolute atomic E-state index is 12.8. The largest absolute Gasteiger partial charge is 0.486 e. The molecule has 194 valence electrons. The highest BCUT2D eigenvalue weighted by Gasteiger charge is 2.25. The molecule has 3 aromatic rings. The van der Waals surface area contributed by atoms with Crippen molar-refractivity contribution in [3.63, 3.8) is 0 Å². The molecule has 0 saturated heterocycles. The number of nitrogens with zero attached hydrogens (tertiary/aromatic N) is 4. The molecule has 0 spiro atoms. The SMILES string of the molecule is C=CCn1c(COc2ccc(C(C)(C)C)cc2)nnc1SCC(=O)Nc1sc2c(c1C#N)CCC(C)C2. The van der Waals surface area contributed by atoms with Crippen molar-refractivity contribution in [1.29, 1.82) is 5.26 Å². The average Bonchev–Trinajstić information content (AvgIpc) is 3.40. The first kappa shape index (κ1) is 27.0. The Labute approximate surface area is 226 Å². The molecule has 9 heteroatoms. The number of thioether (sulfide) groups is 1. The van der Waals surface area contributed by atoms with Gasteiger partial charge in [0.2, 0.25) is 5.91 Å². The first-order valence-electron chi connectivity index (χ1n) is 12.4. The number of thiophene rings is 1. The Balaban J connectivity index is 1.38. The number of ether oxygens (including phenoxy) is 1. The molecular formula is C28H33N5O2S2. The Morgan fingerprint density at radius 3 is 2.78 bits per heavy atom. The van der Waals surface area contributed by atoms with Gasteiger partial charge in [-0.2, -0.15) is 5.26 Å². The molecule has 4 rings (SSSR count). The first-order valence-corrected chi connectivity index (χ1v) is 14.2. The second-order valence-corrected chi connectivity index (χ2v) is 12.4. The van der Waals surface area contributed by atoms with Crippen LogP contribution in [0.3, 0.4) is 0 Å². The molecule has 1 aliphatic carbocycles. The number of benzene rings is 1. The molecule has 0 fully saturated rings. The molecule has 1 amide bonds. The molecule has 1 unspecified atom stereocenters. The van der Waals surface area contributed by atoms with E-state index in [2.05, 4.69) is 68.0 Å². The Bertz CT molecular complexity index is 1310. The van der Waals surface area contributed by atoms with E-state index in [1.54, 1.807) is 6.08 Å². The van der Waals surface area contributed by atoms with Crippen molar-refractivity contribution >= 4 is 34.0 Å². The van der Waals surface area contributed by atoms with Gasteiger partial charge < -0.3 is 10.1 Å². The lowest BCUT2D eigenvalue weighted by Gasteiger charge is -2.19. The smallest absolute Gasteiger partial charge is 0.235 e. The van der Waals surface area contributed by atoms with Gasteiger partial charge in [-0.1, -0.05) is 57.7 Å². The van der Waals surface area contributed by atoms with Crippen molar-refractivity contribution in [2.75, 3.05) is 11.1 Å². The lowest BCUT2D eigenvalue weighted by molar-refractivity contribution is -0.113. The summed E-state index contributed by atoms with van der Waals surface area (Å²) in [5.74, 6) is 2.02. The second kappa shape index (κ2) is 11.5. The molecule has 1 aliphatic rings. The lowest BCUT2D eigenvalue weighted by atomic mass is 9.87. The van der Waals surface area contributed by atoms with E-state index in [1.165, 1.54) is 33.5 Å². The van der Waals surface area contributed by atoms with E-state index in [9.17, 15) is 10.1 Å². The first-order chi connectivity index (χ1) is 17.7. The number of rotatable bonds is 9. The fourth-order valence-electron chi connectivity index (χ4n) is 4.29. The minimum atomic E-state index is -0.168. The molecule has 2 heterocycles. The van der Waals surface area contributed by atoms with Crippen molar-refractivity contribution in [3.05, 3.63) is 64.3 Å². The summed E-state index contributed by atoms with van der Waals surface area (Å²) >= 11 is 2.84. The minimum absolute atomic E-state index is 0.0820. The number of carbonyl (C=O) groups excluding carboxylic acids is 1. The zero-order chi connectivity index (χ0) is 26.6. The summed E-state index contributed by atoms with van der Waals surface area (Å²) in [6, 6.07) is 10.4. The van der Waals surface area contributed by atoms with E-state index in [4.69, 9.17) is 4.74 Å². The number of carbonyl (C=O) groups is 1. The van der Waals surface area contributed by atoms with Crippen LogP contribution < -0.4 is 10.1 Å². The van der Waals surface area contributed by atoms with E-state index < -0.39 is 0 Å². The number of nitrogens with one attached hydrogen (secondary N) is 1. The summed E-state index contributed by atoms with van der Waals surface area (Å²) < 4.78 is 7.87. The van der Waals surface area contributed by atoms with E-state index in [0.29, 0.717) is 34.0 Å². The quantitative estimate of drug-likeness (QED) is 0.262. The minimum Gasteiger partial charge on any atom is -0.486 e. The van der Waals surface area contributed by atoms with E-state index >= 15 is 0 Å². The molecule has 0 saturated carbocycles. The second-order valence-electron chi connectivity index (χ2n) is 10.4. The Kier molecular flexibility index (Phi) is 8.40. The van der Waals surface area contributed by atoms with Crippen LogP contribution in [0.2, 0.25) is 0 Å². The molecule has 7 nitrogen and oxygen atoms in total. The van der Waals surface area contributed by atoms with Crippen LogP contribution in [0.1, 0.15) is 61.5 Å². The van der Waals surface area contributed by atoms with Crippen molar-refractivity contribution in [1.82, 2.24) is 14.8 Å². The zero-order valence-electron chi connectivity index (χ0n) is 21.8. The van der Waals surface area contributed by atoms with Gasteiger partial charge in [0, 0.05) is 11.4 Å². The maximum Gasteiger partial charge on any atom is 0.235 e. The third kappa shape index (κ3) is 6.43. The molecule has 0 aliphatic heterocycles. The molecule has 0 bridgehead atoms. The number of aromatic nitrogens is 3.